The lowest BCUT2D eigenvalue weighted by Crippen LogP contribution is -2.53. The maximum Gasteiger partial charge on any atom is 0.673 e. The van der Waals surface area contributed by atoms with E-state index in [1.54, 1.807) is 0 Å². The number of imidazole rings is 1. The summed E-state index contributed by atoms with van der Waals surface area (Å²) in [6.07, 6.45) is 10.0. The van der Waals surface area contributed by atoms with Gasteiger partial charge >= 0.3 is 7.25 Å². The van der Waals surface area contributed by atoms with E-state index in [9.17, 15) is 17.3 Å². The molecule has 1 atom stereocenters. The molecule has 0 amide bonds. The van der Waals surface area contributed by atoms with Gasteiger partial charge in [0, 0.05) is 7.05 Å². The monoisotopic (exact) mass is 266 g/mol. The highest BCUT2D eigenvalue weighted by Crippen LogP contribution is 2.13. The van der Waals surface area contributed by atoms with Crippen LogP contribution in [0.2, 0.25) is 0 Å². The lowest BCUT2D eigenvalue weighted by molar-refractivity contribution is 0.168. The Morgan fingerprint density at radius 2 is 1.94 bits per heavy atom. The number of quaternary nitrogens is 1. The van der Waals surface area contributed by atoms with Gasteiger partial charge in [-0.1, -0.05) is 0 Å². The zero-order chi connectivity index (χ0) is 13.8. The normalized spacial score (nSPS) is 22.9. The Morgan fingerprint density at radius 1 is 1.33 bits per heavy atom. The predicted octanol–water partition coefficient (Wildman–Crippen LogP) is 2.02. The van der Waals surface area contributed by atoms with Gasteiger partial charge in [0.15, 0.2) is 6.67 Å². The van der Waals surface area contributed by atoms with Gasteiger partial charge < -0.3 is 22.2 Å². The minimum atomic E-state index is -6.00. The summed E-state index contributed by atoms with van der Waals surface area (Å²) < 4.78 is 41.9. The van der Waals surface area contributed by atoms with Crippen LogP contribution in [0.1, 0.15) is 6.92 Å². The Hall–Kier alpha value is -1.51. The minimum absolute atomic E-state index is 0.816. The summed E-state index contributed by atoms with van der Waals surface area (Å²) in [5.41, 5.74) is 0. The molecule has 0 spiro atoms. The Bertz CT molecular complexity index is 386. The number of rotatable bonds is 2. The van der Waals surface area contributed by atoms with Gasteiger partial charge in [-0.05, 0) is 6.92 Å². The van der Waals surface area contributed by atoms with Crippen molar-refractivity contribution in [3.63, 3.8) is 0 Å². The summed E-state index contributed by atoms with van der Waals surface area (Å²) in [6.45, 7) is 4.20. The molecule has 0 bridgehead atoms. The first-order valence-corrected chi connectivity index (χ1v) is 5.39. The zero-order valence-electron chi connectivity index (χ0n) is 10.2. The van der Waals surface area contributed by atoms with E-state index in [0.29, 0.717) is 0 Å². The largest absolute Gasteiger partial charge is 0.673 e. The average molecular weight is 266 g/mol. The summed E-state index contributed by atoms with van der Waals surface area (Å²) in [4.78, 5) is 6.26. The molecule has 4 nitrogen and oxygen atoms in total. The molecule has 0 aromatic carbocycles. The van der Waals surface area contributed by atoms with Crippen LogP contribution in [0.25, 0.3) is 0 Å². The van der Waals surface area contributed by atoms with E-state index in [4.69, 9.17) is 0 Å². The predicted molar refractivity (Wildman–Crippen MR) is 62.3 cm³/mol. The topological polar surface area (TPSA) is 21.1 Å². The fraction of sp³-hybridized carbons (Fsp3) is 0.444. The second-order valence-electron chi connectivity index (χ2n) is 3.94. The Labute approximate surface area is 103 Å². The van der Waals surface area contributed by atoms with Crippen molar-refractivity contribution < 1.29 is 17.3 Å². The molecule has 0 saturated carbocycles. The quantitative estimate of drug-likeness (QED) is 0.464. The van der Waals surface area contributed by atoms with Crippen molar-refractivity contribution in [2.75, 3.05) is 20.3 Å². The van der Waals surface area contributed by atoms with E-state index in [0.717, 1.165) is 17.8 Å². The number of hydrogen-bond acceptors (Lipinski definition) is 2. The molecule has 0 radical (unpaired) electrons. The van der Waals surface area contributed by atoms with Gasteiger partial charge in [0.2, 0.25) is 0 Å². The molecule has 0 fully saturated rings. The summed E-state index contributed by atoms with van der Waals surface area (Å²) in [6, 6.07) is 0. The van der Waals surface area contributed by atoms with Crippen LogP contribution in [-0.4, -0.2) is 42.1 Å². The second-order valence-corrected chi connectivity index (χ2v) is 3.94. The zero-order valence-corrected chi connectivity index (χ0v) is 10.2. The van der Waals surface area contributed by atoms with E-state index in [1.165, 1.54) is 0 Å². The average Bonchev–Trinajstić information content (AvgIpc) is 2.84. The molecule has 2 rings (SSSR count). The maximum absolute atomic E-state index is 9.75. The van der Waals surface area contributed by atoms with Crippen LogP contribution in [0.3, 0.4) is 0 Å². The molecular weight excluding hydrogens is 251 g/mol. The summed E-state index contributed by atoms with van der Waals surface area (Å²) in [7, 11) is -3.91. The molecule has 18 heavy (non-hydrogen) atoms. The molecule has 0 saturated heterocycles. The fourth-order valence-corrected chi connectivity index (χ4v) is 1.72. The standard InChI is InChI=1S/C9H15N4.BF4/c1-3-13(7-6-11(2)9-13)12-5-4-10-8-12;2-1(3,4)5/h4-8H,3,9H2,1-2H3;/q+1;-1. The first-order valence-electron chi connectivity index (χ1n) is 5.39. The highest BCUT2D eigenvalue weighted by molar-refractivity contribution is 6.50. The Morgan fingerprint density at radius 3 is 2.28 bits per heavy atom. The van der Waals surface area contributed by atoms with Crippen molar-refractivity contribution in [3.05, 3.63) is 31.1 Å². The molecule has 1 aliphatic heterocycles. The third-order valence-electron chi connectivity index (χ3n) is 2.56. The van der Waals surface area contributed by atoms with Crippen LogP contribution >= 0.6 is 0 Å². The molecule has 1 aromatic heterocycles. The van der Waals surface area contributed by atoms with Gasteiger partial charge in [0.25, 0.3) is 0 Å². The molecule has 1 aromatic rings. The van der Waals surface area contributed by atoms with Gasteiger partial charge in [0.05, 0.1) is 18.6 Å². The van der Waals surface area contributed by atoms with E-state index in [-0.39, 0.29) is 0 Å². The van der Waals surface area contributed by atoms with Crippen LogP contribution in [0.15, 0.2) is 31.1 Å². The number of halogens is 4. The Balaban J connectivity index is 0.000000280. The van der Waals surface area contributed by atoms with Crippen molar-refractivity contribution in [1.29, 1.82) is 0 Å². The van der Waals surface area contributed by atoms with E-state index in [1.807, 2.05) is 18.7 Å². The molecule has 1 aliphatic rings. The van der Waals surface area contributed by atoms with Gasteiger partial charge in [0.1, 0.15) is 19.1 Å². The molecular formula is C9H15BF4N4. The fourth-order valence-electron chi connectivity index (χ4n) is 1.72. The first kappa shape index (κ1) is 14.6. The van der Waals surface area contributed by atoms with Crippen molar-refractivity contribution in [3.8, 4) is 0 Å². The lowest BCUT2D eigenvalue weighted by Gasteiger charge is -2.30. The molecule has 1 unspecified atom stereocenters. The summed E-state index contributed by atoms with van der Waals surface area (Å²) >= 11 is 0. The highest BCUT2D eigenvalue weighted by atomic mass is 19.5. The highest BCUT2D eigenvalue weighted by Gasteiger charge is 2.30. The Kier molecular flexibility index (Phi) is 4.39. The third-order valence-corrected chi connectivity index (χ3v) is 2.56. The smallest absolute Gasteiger partial charge is 0.418 e. The lowest BCUT2D eigenvalue weighted by atomic mass is 10.3. The van der Waals surface area contributed by atoms with Gasteiger partial charge in [-0.3, -0.25) is 0 Å². The van der Waals surface area contributed by atoms with Crippen molar-refractivity contribution in [2.24, 2.45) is 0 Å². The number of aromatic nitrogens is 2. The number of nitrogens with zero attached hydrogens (tertiary/aromatic N) is 4. The minimum Gasteiger partial charge on any atom is -0.418 e. The molecule has 0 N–H and O–H groups in total. The molecule has 9 heteroatoms. The molecule has 102 valence electrons. The third kappa shape index (κ3) is 4.06. The summed E-state index contributed by atoms with van der Waals surface area (Å²) in [5.74, 6) is 0. The van der Waals surface area contributed by atoms with Crippen LogP contribution < -0.4 is 4.59 Å². The van der Waals surface area contributed by atoms with Crippen LogP contribution in [0, 0.1) is 0 Å². The summed E-state index contributed by atoms with van der Waals surface area (Å²) in [5, 5.41) is 0. The van der Waals surface area contributed by atoms with Crippen molar-refractivity contribution in [2.45, 2.75) is 6.92 Å². The van der Waals surface area contributed by atoms with E-state index < -0.39 is 7.25 Å². The van der Waals surface area contributed by atoms with Crippen LogP contribution in [0.4, 0.5) is 17.3 Å². The first-order chi connectivity index (χ1) is 8.27. The van der Waals surface area contributed by atoms with Crippen molar-refractivity contribution >= 4 is 7.25 Å². The van der Waals surface area contributed by atoms with E-state index in [2.05, 4.69) is 40.9 Å². The molecule has 0 aliphatic carbocycles. The van der Waals surface area contributed by atoms with E-state index >= 15 is 0 Å². The van der Waals surface area contributed by atoms with Crippen LogP contribution in [-0.2, 0) is 0 Å². The maximum atomic E-state index is 9.75. The number of hydrogen-bond donors (Lipinski definition) is 0. The van der Waals surface area contributed by atoms with Crippen LogP contribution in [0.5, 0.6) is 0 Å². The van der Waals surface area contributed by atoms with Gasteiger partial charge in [-0.25, -0.2) is 4.98 Å². The van der Waals surface area contributed by atoms with Gasteiger partial charge in [-0.2, -0.15) is 9.27 Å². The SMILES string of the molecule is CC[N+]1(n2ccnc2)C=CN(C)C1.F[B-](F)(F)F. The molecule has 2 heterocycles. The van der Waals surface area contributed by atoms with Crippen molar-refractivity contribution in [1.82, 2.24) is 19.2 Å². The second kappa shape index (κ2) is 5.43. The van der Waals surface area contributed by atoms with Gasteiger partial charge in [-0.15, -0.1) is 0 Å².